The molecule has 0 spiro atoms. The lowest BCUT2D eigenvalue weighted by atomic mass is 10.2. The summed E-state index contributed by atoms with van der Waals surface area (Å²) in [7, 11) is 0. The van der Waals surface area contributed by atoms with Gasteiger partial charge in [-0.25, -0.2) is 0 Å². The van der Waals surface area contributed by atoms with Crippen molar-refractivity contribution < 1.29 is 27.5 Å². The van der Waals surface area contributed by atoms with E-state index in [4.69, 9.17) is 5.26 Å². The molecule has 0 radical (unpaired) electrons. The zero-order valence-corrected chi connectivity index (χ0v) is 13.9. The first kappa shape index (κ1) is 18.3. The Morgan fingerprint density at radius 1 is 1.22 bits per heavy atom. The molecule has 2 aromatic heterocycles. The second-order valence-corrected chi connectivity index (χ2v) is 5.69. The van der Waals surface area contributed by atoms with Crippen molar-refractivity contribution in [3.05, 3.63) is 59.9 Å². The van der Waals surface area contributed by atoms with Crippen LogP contribution in [0.15, 0.2) is 48.7 Å². The third-order valence-electron chi connectivity index (χ3n) is 3.96. The SMILES string of the molecule is N#CCCn1c(O)c(C(=O)Nc2ccc(C(F)(F)F)cc2)[n+]2ccccc12. The molecule has 2 N–H and O–H groups in total. The number of imidazole rings is 1. The van der Waals surface area contributed by atoms with Crippen LogP contribution in [0.25, 0.3) is 5.65 Å². The number of alkyl halides is 3. The van der Waals surface area contributed by atoms with Crippen LogP contribution in [0, 0.1) is 11.3 Å². The summed E-state index contributed by atoms with van der Waals surface area (Å²) in [6, 6.07) is 11.0. The second kappa shape index (κ2) is 6.99. The van der Waals surface area contributed by atoms with Crippen LogP contribution in [-0.4, -0.2) is 15.6 Å². The number of nitrogens with one attached hydrogen (secondary N) is 1. The van der Waals surface area contributed by atoms with Crippen LogP contribution in [0.1, 0.15) is 22.5 Å². The number of halogens is 3. The highest BCUT2D eigenvalue weighted by Gasteiger charge is 2.32. The standard InChI is InChI=1S/C18H13F3N4O2/c19-18(20,21)12-5-7-13(8-6-12)23-16(26)15-17(27)25(11-3-9-22)14-4-1-2-10-24(14)15/h1-2,4-8,10H,3,11H2,(H-,23,26,27)/p+1. The monoisotopic (exact) mass is 375 g/mol. The molecule has 3 rings (SSSR count). The highest BCUT2D eigenvalue weighted by atomic mass is 19.4. The van der Waals surface area contributed by atoms with Gasteiger partial charge in [-0.2, -0.15) is 27.4 Å². The molecule has 0 aliphatic carbocycles. The van der Waals surface area contributed by atoms with Gasteiger partial charge in [-0.15, -0.1) is 0 Å². The van der Waals surface area contributed by atoms with Crippen molar-refractivity contribution in [2.75, 3.05) is 5.32 Å². The van der Waals surface area contributed by atoms with E-state index < -0.39 is 17.6 Å². The summed E-state index contributed by atoms with van der Waals surface area (Å²) >= 11 is 0. The van der Waals surface area contributed by atoms with Gasteiger partial charge in [-0.05, 0) is 30.3 Å². The Hall–Kier alpha value is -3.54. The Kier molecular flexibility index (Phi) is 4.73. The number of nitrogens with zero attached hydrogens (tertiary/aromatic N) is 3. The van der Waals surface area contributed by atoms with Gasteiger partial charge < -0.3 is 10.4 Å². The number of aromatic nitrogens is 2. The maximum absolute atomic E-state index is 12.6. The zero-order chi connectivity index (χ0) is 19.6. The number of hydrogen-bond donors (Lipinski definition) is 2. The van der Waals surface area contributed by atoms with Crippen molar-refractivity contribution >= 4 is 17.2 Å². The van der Waals surface area contributed by atoms with Gasteiger partial charge in [0.1, 0.15) is 6.54 Å². The summed E-state index contributed by atoms with van der Waals surface area (Å²) in [5.74, 6) is -1.02. The van der Waals surface area contributed by atoms with E-state index in [0.717, 1.165) is 24.3 Å². The van der Waals surface area contributed by atoms with Crippen molar-refractivity contribution in [3.8, 4) is 11.9 Å². The first-order valence-electron chi connectivity index (χ1n) is 7.90. The summed E-state index contributed by atoms with van der Waals surface area (Å²) in [4.78, 5) is 12.6. The number of fused-ring (bicyclic) bond motifs is 1. The maximum Gasteiger partial charge on any atom is 0.416 e. The van der Waals surface area contributed by atoms with Gasteiger partial charge in [0.15, 0.2) is 0 Å². The lowest BCUT2D eigenvalue weighted by Crippen LogP contribution is -2.30. The topological polar surface area (TPSA) is 82.2 Å². The summed E-state index contributed by atoms with van der Waals surface area (Å²) in [5.41, 5.74) is -0.251. The van der Waals surface area contributed by atoms with E-state index in [1.54, 1.807) is 24.4 Å². The molecule has 0 atom stereocenters. The van der Waals surface area contributed by atoms with E-state index in [1.807, 2.05) is 6.07 Å². The number of benzene rings is 1. The van der Waals surface area contributed by atoms with E-state index in [2.05, 4.69) is 5.32 Å². The number of pyridine rings is 1. The van der Waals surface area contributed by atoms with E-state index >= 15 is 0 Å². The number of aryl methyl sites for hydroxylation is 1. The lowest BCUT2D eigenvalue weighted by molar-refractivity contribution is -0.513. The molecule has 6 nitrogen and oxygen atoms in total. The molecule has 138 valence electrons. The van der Waals surface area contributed by atoms with Crippen molar-refractivity contribution in [2.45, 2.75) is 19.1 Å². The molecular formula is C18H14F3N4O2+. The molecule has 0 saturated heterocycles. The molecule has 9 heteroatoms. The number of nitriles is 1. The Morgan fingerprint density at radius 3 is 2.56 bits per heavy atom. The average molecular weight is 375 g/mol. The fraction of sp³-hybridized carbons (Fsp3) is 0.167. The largest absolute Gasteiger partial charge is 0.475 e. The molecule has 0 saturated carbocycles. The number of hydrogen-bond acceptors (Lipinski definition) is 3. The molecule has 27 heavy (non-hydrogen) atoms. The van der Waals surface area contributed by atoms with Crippen LogP contribution >= 0.6 is 0 Å². The van der Waals surface area contributed by atoms with Crippen molar-refractivity contribution in [3.63, 3.8) is 0 Å². The fourth-order valence-corrected chi connectivity index (χ4v) is 2.71. The minimum atomic E-state index is -4.47. The zero-order valence-electron chi connectivity index (χ0n) is 13.9. The van der Waals surface area contributed by atoms with Crippen molar-refractivity contribution in [1.82, 2.24) is 4.57 Å². The van der Waals surface area contributed by atoms with Gasteiger partial charge in [0, 0.05) is 11.8 Å². The molecule has 2 heterocycles. The van der Waals surface area contributed by atoms with E-state index in [0.29, 0.717) is 5.65 Å². The Morgan fingerprint density at radius 2 is 1.93 bits per heavy atom. The minimum absolute atomic E-state index is 0.0802. The predicted octanol–water partition coefficient (Wildman–Crippen LogP) is 3.12. The summed E-state index contributed by atoms with van der Waals surface area (Å²) in [6.45, 7) is 0.184. The van der Waals surface area contributed by atoms with Crippen LogP contribution in [-0.2, 0) is 12.7 Å². The number of carbonyl (C=O) groups excluding carboxylic acids is 1. The van der Waals surface area contributed by atoms with Gasteiger partial charge >= 0.3 is 18.0 Å². The van der Waals surface area contributed by atoms with E-state index in [1.165, 1.54) is 8.97 Å². The molecule has 0 fully saturated rings. The van der Waals surface area contributed by atoms with Gasteiger partial charge in [0.2, 0.25) is 0 Å². The minimum Gasteiger partial charge on any atom is -0.475 e. The van der Waals surface area contributed by atoms with Crippen LogP contribution in [0.2, 0.25) is 0 Å². The molecule has 1 aromatic carbocycles. The fourth-order valence-electron chi connectivity index (χ4n) is 2.71. The number of carbonyl (C=O) groups is 1. The smallest absolute Gasteiger partial charge is 0.416 e. The average Bonchev–Trinajstić information content (AvgIpc) is 2.91. The summed E-state index contributed by atoms with van der Waals surface area (Å²) in [5, 5.41) is 21.7. The highest BCUT2D eigenvalue weighted by Crippen LogP contribution is 2.30. The van der Waals surface area contributed by atoms with Gasteiger partial charge in [-0.3, -0.25) is 4.79 Å². The number of rotatable bonds is 4. The number of aromatic hydroxyl groups is 1. The molecule has 0 bridgehead atoms. The van der Waals surface area contributed by atoms with Crippen LogP contribution in [0.5, 0.6) is 5.88 Å². The number of anilines is 1. The first-order valence-corrected chi connectivity index (χ1v) is 7.90. The van der Waals surface area contributed by atoms with Crippen LogP contribution in [0.3, 0.4) is 0 Å². The maximum atomic E-state index is 12.6. The molecule has 0 aliphatic heterocycles. The predicted molar refractivity (Wildman–Crippen MR) is 88.9 cm³/mol. The molecule has 1 amide bonds. The molecule has 0 aliphatic rings. The lowest BCUT2D eigenvalue weighted by Gasteiger charge is -2.08. The third-order valence-corrected chi connectivity index (χ3v) is 3.96. The molecule has 0 unspecified atom stereocenters. The van der Waals surface area contributed by atoms with Crippen molar-refractivity contribution in [1.29, 1.82) is 5.26 Å². The van der Waals surface area contributed by atoms with Gasteiger partial charge in [0.05, 0.1) is 24.3 Å². The Balaban J connectivity index is 1.94. The summed E-state index contributed by atoms with van der Waals surface area (Å²) in [6.07, 6.45) is -2.77. The Labute approximate surface area is 151 Å². The number of amides is 1. The van der Waals surface area contributed by atoms with Crippen LogP contribution in [0.4, 0.5) is 18.9 Å². The molecular weight excluding hydrogens is 361 g/mol. The van der Waals surface area contributed by atoms with E-state index in [-0.39, 0.29) is 30.2 Å². The van der Waals surface area contributed by atoms with Crippen molar-refractivity contribution in [2.24, 2.45) is 0 Å². The summed E-state index contributed by atoms with van der Waals surface area (Å²) < 4.78 is 40.8. The Bertz CT molecular complexity index is 1030. The normalized spacial score (nSPS) is 11.3. The van der Waals surface area contributed by atoms with Crippen LogP contribution < -0.4 is 9.72 Å². The second-order valence-electron chi connectivity index (χ2n) is 5.69. The molecule has 3 aromatic rings. The van der Waals surface area contributed by atoms with Gasteiger partial charge in [-0.1, -0.05) is 6.07 Å². The highest BCUT2D eigenvalue weighted by molar-refractivity contribution is 6.03. The quantitative estimate of drug-likeness (QED) is 0.688. The van der Waals surface area contributed by atoms with Gasteiger partial charge in [0.25, 0.3) is 11.3 Å². The third kappa shape index (κ3) is 3.55. The van der Waals surface area contributed by atoms with E-state index in [9.17, 15) is 23.1 Å². The first-order chi connectivity index (χ1) is 12.8.